The van der Waals surface area contributed by atoms with E-state index < -0.39 is 0 Å². The first-order valence-corrected chi connectivity index (χ1v) is 7.55. The molecule has 0 aliphatic rings. The summed E-state index contributed by atoms with van der Waals surface area (Å²) in [7, 11) is 0. The van der Waals surface area contributed by atoms with Crippen molar-refractivity contribution in [2.45, 2.75) is 93.9 Å². The van der Waals surface area contributed by atoms with Crippen LogP contribution in [0.25, 0.3) is 0 Å². The van der Waals surface area contributed by atoms with E-state index in [0.29, 0.717) is 5.57 Å². The molecule has 0 atom stereocenters. The summed E-state index contributed by atoms with van der Waals surface area (Å²) >= 11 is 0. The van der Waals surface area contributed by atoms with Gasteiger partial charge in [0.2, 0.25) is 0 Å². The molecular formula is C17H38OSn. The first-order chi connectivity index (χ1) is 8.39. The molecule has 2 heteroatoms. The Morgan fingerprint density at radius 1 is 0.684 bits per heavy atom. The smallest absolute Gasteiger partial charge is 0.154 e. The third kappa shape index (κ3) is 92.1. The topological polar surface area (TPSA) is 17.1 Å². The van der Waals surface area contributed by atoms with Crippen molar-refractivity contribution in [3.8, 4) is 0 Å². The van der Waals surface area contributed by atoms with Crippen molar-refractivity contribution < 1.29 is 4.79 Å². The van der Waals surface area contributed by atoms with Gasteiger partial charge in [-0.3, -0.25) is 4.79 Å². The van der Waals surface area contributed by atoms with E-state index in [1.54, 1.807) is 6.92 Å². The Bertz CT molecular complexity index is 126. The van der Waals surface area contributed by atoms with Crippen molar-refractivity contribution in [1.82, 2.24) is 0 Å². The molecule has 0 aromatic carbocycles. The molecule has 0 spiro atoms. The van der Waals surface area contributed by atoms with Crippen LogP contribution in [-0.4, -0.2) is 29.7 Å². The molecule has 0 rings (SSSR count). The van der Waals surface area contributed by atoms with E-state index in [-0.39, 0.29) is 29.7 Å². The standard InChI is InChI=1S/C5H8O.3C4H10.Sn/c1-4(2)5(3)6;3*1-3-4-2;/h1H2,2-3H3;3*3-4H2,1-2H3;. The molecule has 19 heavy (non-hydrogen) atoms. The van der Waals surface area contributed by atoms with E-state index in [2.05, 4.69) is 48.1 Å². The van der Waals surface area contributed by atoms with Crippen LogP contribution in [0, 0.1) is 0 Å². The van der Waals surface area contributed by atoms with Gasteiger partial charge in [-0.25, -0.2) is 0 Å². The minimum atomic E-state index is 0. The fourth-order valence-electron chi connectivity index (χ4n) is 0. The Balaban J connectivity index is -0.0000000459. The minimum Gasteiger partial charge on any atom is -0.295 e. The number of allylic oxidation sites excluding steroid dienone is 1. The Morgan fingerprint density at radius 2 is 0.789 bits per heavy atom. The molecule has 0 aromatic rings. The van der Waals surface area contributed by atoms with Crippen LogP contribution in [0.1, 0.15) is 93.9 Å². The van der Waals surface area contributed by atoms with Crippen LogP contribution in [0.2, 0.25) is 0 Å². The maximum absolute atomic E-state index is 10.0. The van der Waals surface area contributed by atoms with Crippen molar-refractivity contribution in [3.63, 3.8) is 0 Å². The fraction of sp³-hybridized carbons (Fsp3) is 0.824. The number of ketones is 1. The molecule has 0 saturated carbocycles. The van der Waals surface area contributed by atoms with Crippen LogP contribution in [0.15, 0.2) is 12.2 Å². The normalized spacial score (nSPS) is 7.16. The quantitative estimate of drug-likeness (QED) is 0.422. The maximum Gasteiger partial charge on any atom is 0.154 e. The Kier molecular flexibility index (Phi) is 60.1. The van der Waals surface area contributed by atoms with Crippen molar-refractivity contribution in [2.75, 3.05) is 0 Å². The Hall–Kier alpha value is 0.209. The van der Waals surface area contributed by atoms with Gasteiger partial charge in [-0.05, 0) is 19.4 Å². The third-order valence-electron chi connectivity index (χ3n) is 2.10. The van der Waals surface area contributed by atoms with Crippen LogP contribution < -0.4 is 0 Å². The molecule has 0 bridgehead atoms. The van der Waals surface area contributed by atoms with Gasteiger partial charge in [0.05, 0.1) is 0 Å². The molecule has 0 amide bonds. The van der Waals surface area contributed by atoms with Crippen LogP contribution >= 0.6 is 0 Å². The second kappa shape index (κ2) is 36.2. The summed E-state index contributed by atoms with van der Waals surface area (Å²) in [5, 5.41) is 0. The summed E-state index contributed by atoms with van der Waals surface area (Å²) in [5.74, 6) is 0.0648. The number of hydrogen-bond acceptors (Lipinski definition) is 1. The fourth-order valence-corrected chi connectivity index (χ4v) is 0. The van der Waals surface area contributed by atoms with Crippen molar-refractivity contribution in [3.05, 3.63) is 12.2 Å². The number of Topliss-reactive ketones (excluding diaryl/α,β-unsaturated/α-hetero) is 1. The summed E-state index contributed by atoms with van der Waals surface area (Å²) in [6.45, 7) is 19.7. The van der Waals surface area contributed by atoms with Gasteiger partial charge in [0, 0.05) is 23.9 Å². The SMILES string of the molecule is C=C(C)C(C)=O.CCCC.CCCC.CCCC.[Sn]. The monoisotopic (exact) mass is 378 g/mol. The zero-order valence-corrected chi connectivity index (χ0v) is 17.7. The van der Waals surface area contributed by atoms with Gasteiger partial charge < -0.3 is 0 Å². The van der Waals surface area contributed by atoms with Crippen LogP contribution in [0.3, 0.4) is 0 Å². The van der Waals surface area contributed by atoms with E-state index in [1.165, 1.54) is 45.4 Å². The van der Waals surface area contributed by atoms with Crippen LogP contribution in [0.4, 0.5) is 0 Å². The largest absolute Gasteiger partial charge is 0.295 e. The number of hydrogen-bond donors (Lipinski definition) is 0. The van der Waals surface area contributed by atoms with Crippen LogP contribution in [-0.2, 0) is 4.79 Å². The minimum absolute atomic E-state index is 0. The number of unbranched alkanes of at least 4 members (excludes halogenated alkanes) is 3. The average Bonchev–Trinajstić information content (AvgIpc) is 2.39. The van der Waals surface area contributed by atoms with Crippen molar-refractivity contribution >= 4 is 29.7 Å². The molecule has 4 radical (unpaired) electrons. The first kappa shape index (κ1) is 31.5. The van der Waals surface area contributed by atoms with Gasteiger partial charge >= 0.3 is 0 Å². The first-order valence-electron chi connectivity index (χ1n) is 7.55. The number of carbonyl (C=O) groups is 1. The van der Waals surface area contributed by atoms with Gasteiger partial charge in [0.1, 0.15) is 0 Å². The van der Waals surface area contributed by atoms with Gasteiger partial charge in [-0.1, -0.05) is 86.6 Å². The summed E-state index contributed by atoms with van der Waals surface area (Å²) < 4.78 is 0. The molecular weight excluding hydrogens is 339 g/mol. The Morgan fingerprint density at radius 3 is 0.789 bits per heavy atom. The van der Waals surface area contributed by atoms with E-state index in [0.717, 1.165) is 0 Å². The molecule has 0 fully saturated rings. The summed E-state index contributed by atoms with van der Waals surface area (Å²) in [6.07, 6.45) is 7.92. The molecule has 0 saturated heterocycles. The predicted octanol–water partition coefficient (Wildman–Crippen LogP) is 6.19. The summed E-state index contributed by atoms with van der Waals surface area (Å²) in [6, 6.07) is 0. The predicted molar refractivity (Wildman–Crippen MR) is 93.0 cm³/mol. The second-order valence-electron chi connectivity index (χ2n) is 4.34. The van der Waals surface area contributed by atoms with Gasteiger partial charge in [-0.2, -0.15) is 0 Å². The zero-order valence-electron chi connectivity index (χ0n) is 14.9. The van der Waals surface area contributed by atoms with Gasteiger partial charge in [0.25, 0.3) is 0 Å². The molecule has 1 nitrogen and oxygen atoms in total. The third-order valence-corrected chi connectivity index (χ3v) is 2.10. The maximum atomic E-state index is 10.0. The van der Waals surface area contributed by atoms with E-state index in [4.69, 9.17) is 0 Å². The van der Waals surface area contributed by atoms with Crippen molar-refractivity contribution in [2.24, 2.45) is 0 Å². The molecule has 0 unspecified atom stereocenters. The summed E-state index contributed by atoms with van der Waals surface area (Å²) in [4.78, 5) is 10.0. The molecule has 0 heterocycles. The van der Waals surface area contributed by atoms with Gasteiger partial charge in [0.15, 0.2) is 5.78 Å². The number of rotatable bonds is 4. The Labute approximate surface area is 140 Å². The van der Waals surface area contributed by atoms with E-state index in [9.17, 15) is 4.79 Å². The molecule has 0 aliphatic heterocycles. The molecule has 0 aliphatic carbocycles. The number of carbonyl (C=O) groups excluding carboxylic acids is 1. The zero-order chi connectivity index (χ0) is 15.4. The van der Waals surface area contributed by atoms with E-state index >= 15 is 0 Å². The van der Waals surface area contributed by atoms with E-state index in [1.807, 2.05) is 0 Å². The summed E-state index contributed by atoms with van der Waals surface area (Å²) in [5.41, 5.74) is 0.620. The van der Waals surface area contributed by atoms with Crippen molar-refractivity contribution in [1.29, 1.82) is 0 Å². The molecule has 0 N–H and O–H groups in total. The second-order valence-corrected chi connectivity index (χ2v) is 4.34. The molecule has 116 valence electrons. The molecule has 0 aromatic heterocycles. The van der Waals surface area contributed by atoms with Crippen LogP contribution in [0.5, 0.6) is 0 Å². The average molecular weight is 377 g/mol. The van der Waals surface area contributed by atoms with Gasteiger partial charge in [-0.15, -0.1) is 0 Å².